The summed E-state index contributed by atoms with van der Waals surface area (Å²) >= 11 is 3.54. The van der Waals surface area contributed by atoms with Crippen LogP contribution in [0.4, 0.5) is 5.82 Å². The minimum Gasteiger partial charge on any atom is -0.388 e. The van der Waals surface area contributed by atoms with Gasteiger partial charge in [-0.05, 0) is 31.4 Å². The number of halogens is 1. The number of aromatic nitrogens is 1. The zero-order chi connectivity index (χ0) is 12.6. The summed E-state index contributed by atoms with van der Waals surface area (Å²) in [4.78, 5) is 4.37. The molecule has 0 amide bonds. The van der Waals surface area contributed by atoms with Crippen molar-refractivity contribution in [1.29, 1.82) is 0 Å². The predicted molar refractivity (Wildman–Crippen MR) is 76.7 cm³/mol. The number of aliphatic hydroxyl groups is 1. The van der Waals surface area contributed by atoms with E-state index in [0.29, 0.717) is 6.54 Å². The summed E-state index contributed by atoms with van der Waals surface area (Å²) < 4.78 is 1.06. The molecule has 1 heterocycles. The Morgan fingerprint density at radius 2 is 2.11 bits per heavy atom. The highest BCUT2D eigenvalue weighted by atomic mass is 79.9. The molecule has 0 radical (unpaired) electrons. The Balaban J connectivity index is 1.89. The zero-order valence-electron chi connectivity index (χ0n) is 9.99. The smallest absolute Gasteiger partial charge is 0.133 e. The van der Waals surface area contributed by atoms with Crippen LogP contribution < -0.4 is 5.32 Å². The molecule has 1 saturated carbocycles. The predicted octanol–water partition coefficient (Wildman–Crippen LogP) is 3.32. The normalized spacial score (nSPS) is 17.4. The standard InChI is InChI=1S/C14H15BrN2O/c15-12-4-1-3-11-10(12)5-8-16-13(11)17-9-14(18)6-2-7-14/h1,3-5,8,18H,2,6-7,9H2,(H,16,17). The Labute approximate surface area is 114 Å². The van der Waals surface area contributed by atoms with E-state index in [1.165, 1.54) is 0 Å². The first-order valence-corrected chi connectivity index (χ1v) is 6.97. The van der Waals surface area contributed by atoms with Crippen molar-refractivity contribution >= 4 is 32.5 Å². The molecule has 0 spiro atoms. The molecule has 18 heavy (non-hydrogen) atoms. The van der Waals surface area contributed by atoms with Gasteiger partial charge < -0.3 is 10.4 Å². The lowest BCUT2D eigenvalue weighted by Gasteiger charge is -2.36. The molecule has 3 nitrogen and oxygen atoms in total. The van der Waals surface area contributed by atoms with Crippen LogP contribution in [-0.4, -0.2) is 22.2 Å². The van der Waals surface area contributed by atoms with Crippen LogP contribution in [0.5, 0.6) is 0 Å². The van der Waals surface area contributed by atoms with Gasteiger partial charge in [-0.15, -0.1) is 0 Å². The van der Waals surface area contributed by atoms with Crippen LogP contribution in [0.3, 0.4) is 0 Å². The van der Waals surface area contributed by atoms with E-state index < -0.39 is 5.60 Å². The monoisotopic (exact) mass is 306 g/mol. The number of anilines is 1. The van der Waals surface area contributed by atoms with Gasteiger partial charge in [0.2, 0.25) is 0 Å². The molecule has 2 N–H and O–H groups in total. The highest BCUT2D eigenvalue weighted by Gasteiger charge is 2.34. The van der Waals surface area contributed by atoms with E-state index in [-0.39, 0.29) is 0 Å². The molecule has 1 aromatic carbocycles. The minimum atomic E-state index is -0.532. The van der Waals surface area contributed by atoms with Crippen LogP contribution in [0.15, 0.2) is 34.9 Å². The van der Waals surface area contributed by atoms with Gasteiger partial charge in [0, 0.05) is 28.0 Å². The van der Waals surface area contributed by atoms with E-state index in [9.17, 15) is 5.11 Å². The van der Waals surface area contributed by atoms with Crippen LogP contribution in [0.2, 0.25) is 0 Å². The molecule has 1 aromatic heterocycles. The maximum absolute atomic E-state index is 10.1. The lowest BCUT2D eigenvalue weighted by atomic mass is 9.80. The third-order valence-corrected chi connectivity index (χ3v) is 4.31. The van der Waals surface area contributed by atoms with Crippen molar-refractivity contribution in [2.75, 3.05) is 11.9 Å². The third kappa shape index (κ3) is 2.10. The summed E-state index contributed by atoms with van der Waals surface area (Å²) in [5, 5.41) is 15.6. The van der Waals surface area contributed by atoms with Gasteiger partial charge in [0.1, 0.15) is 5.82 Å². The van der Waals surface area contributed by atoms with Gasteiger partial charge in [0.15, 0.2) is 0 Å². The largest absolute Gasteiger partial charge is 0.388 e. The van der Waals surface area contributed by atoms with Crippen LogP contribution in [-0.2, 0) is 0 Å². The van der Waals surface area contributed by atoms with Crippen molar-refractivity contribution in [3.63, 3.8) is 0 Å². The van der Waals surface area contributed by atoms with Gasteiger partial charge in [0.25, 0.3) is 0 Å². The molecule has 3 rings (SSSR count). The zero-order valence-corrected chi connectivity index (χ0v) is 11.6. The number of nitrogens with one attached hydrogen (secondary N) is 1. The maximum atomic E-state index is 10.1. The van der Waals surface area contributed by atoms with Crippen LogP contribution in [0.1, 0.15) is 19.3 Å². The van der Waals surface area contributed by atoms with Crippen molar-refractivity contribution in [3.8, 4) is 0 Å². The first-order chi connectivity index (χ1) is 8.68. The minimum absolute atomic E-state index is 0.532. The van der Waals surface area contributed by atoms with Crippen LogP contribution in [0.25, 0.3) is 10.8 Å². The Kier molecular flexibility index (Phi) is 2.99. The average molecular weight is 307 g/mol. The SMILES string of the molecule is OC1(CNc2nccc3c(Br)cccc23)CCC1. The molecule has 0 bridgehead atoms. The van der Waals surface area contributed by atoms with Crippen LogP contribution >= 0.6 is 15.9 Å². The second kappa shape index (κ2) is 4.52. The van der Waals surface area contributed by atoms with Gasteiger partial charge >= 0.3 is 0 Å². The molecule has 2 aromatic rings. The average Bonchev–Trinajstić information content (AvgIpc) is 2.35. The number of hydrogen-bond acceptors (Lipinski definition) is 3. The summed E-state index contributed by atoms with van der Waals surface area (Å²) in [5.74, 6) is 0.842. The van der Waals surface area contributed by atoms with Crippen molar-refractivity contribution < 1.29 is 5.11 Å². The fourth-order valence-corrected chi connectivity index (χ4v) is 2.82. The van der Waals surface area contributed by atoms with Crippen molar-refractivity contribution in [1.82, 2.24) is 4.98 Å². The molecular weight excluding hydrogens is 292 g/mol. The van der Waals surface area contributed by atoms with Crippen LogP contribution in [0, 0.1) is 0 Å². The highest BCUT2D eigenvalue weighted by Crippen LogP contribution is 2.33. The molecule has 1 aliphatic rings. The van der Waals surface area contributed by atoms with E-state index in [2.05, 4.69) is 26.2 Å². The van der Waals surface area contributed by atoms with E-state index in [0.717, 1.165) is 40.3 Å². The maximum Gasteiger partial charge on any atom is 0.133 e. The van der Waals surface area contributed by atoms with Gasteiger partial charge in [-0.1, -0.05) is 28.1 Å². The summed E-state index contributed by atoms with van der Waals surface area (Å²) in [6.45, 7) is 0.575. The number of pyridine rings is 1. The van der Waals surface area contributed by atoms with Crippen molar-refractivity contribution in [2.45, 2.75) is 24.9 Å². The van der Waals surface area contributed by atoms with Crippen molar-refractivity contribution in [3.05, 3.63) is 34.9 Å². The molecule has 0 aliphatic heterocycles. The number of rotatable bonds is 3. The fraction of sp³-hybridized carbons (Fsp3) is 0.357. The van der Waals surface area contributed by atoms with Gasteiger partial charge in [-0.25, -0.2) is 4.98 Å². The summed E-state index contributed by atoms with van der Waals surface area (Å²) in [6, 6.07) is 8.05. The molecule has 0 atom stereocenters. The Hall–Kier alpha value is -1.13. The first kappa shape index (κ1) is 11.9. The Bertz CT molecular complexity index is 581. The fourth-order valence-electron chi connectivity index (χ4n) is 2.32. The molecule has 4 heteroatoms. The summed E-state index contributed by atoms with van der Waals surface area (Å²) in [7, 11) is 0. The molecule has 1 aliphatic carbocycles. The first-order valence-electron chi connectivity index (χ1n) is 6.17. The Morgan fingerprint density at radius 3 is 2.83 bits per heavy atom. The molecular formula is C14H15BrN2O. The number of nitrogens with zero attached hydrogens (tertiary/aromatic N) is 1. The second-order valence-corrected chi connectivity index (χ2v) is 5.78. The molecule has 0 unspecified atom stereocenters. The molecule has 1 fully saturated rings. The lowest BCUT2D eigenvalue weighted by Crippen LogP contribution is -2.43. The number of benzene rings is 1. The topological polar surface area (TPSA) is 45.1 Å². The number of fused-ring (bicyclic) bond motifs is 1. The molecule has 0 saturated heterocycles. The highest BCUT2D eigenvalue weighted by molar-refractivity contribution is 9.10. The number of hydrogen-bond donors (Lipinski definition) is 2. The lowest BCUT2D eigenvalue weighted by molar-refractivity contribution is -0.0202. The Morgan fingerprint density at radius 1 is 1.28 bits per heavy atom. The quantitative estimate of drug-likeness (QED) is 0.914. The second-order valence-electron chi connectivity index (χ2n) is 4.93. The van der Waals surface area contributed by atoms with E-state index in [1.807, 2.05) is 24.3 Å². The van der Waals surface area contributed by atoms with E-state index in [4.69, 9.17) is 0 Å². The van der Waals surface area contributed by atoms with E-state index >= 15 is 0 Å². The summed E-state index contributed by atoms with van der Waals surface area (Å²) in [6.07, 6.45) is 4.68. The third-order valence-electron chi connectivity index (χ3n) is 3.62. The van der Waals surface area contributed by atoms with Gasteiger partial charge in [-0.2, -0.15) is 0 Å². The van der Waals surface area contributed by atoms with Crippen molar-refractivity contribution in [2.24, 2.45) is 0 Å². The van der Waals surface area contributed by atoms with Gasteiger partial charge in [-0.3, -0.25) is 0 Å². The molecule has 94 valence electrons. The van der Waals surface area contributed by atoms with E-state index in [1.54, 1.807) is 6.20 Å². The summed E-state index contributed by atoms with van der Waals surface area (Å²) in [5.41, 5.74) is -0.532. The van der Waals surface area contributed by atoms with Gasteiger partial charge in [0.05, 0.1) is 5.60 Å².